The van der Waals surface area contributed by atoms with E-state index in [2.05, 4.69) is 5.32 Å². The van der Waals surface area contributed by atoms with Crippen molar-refractivity contribution in [3.63, 3.8) is 0 Å². The lowest BCUT2D eigenvalue weighted by Crippen LogP contribution is -2.45. The van der Waals surface area contributed by atoms with Gasteiger partial charge in [-0.25, -0.2) is 13.2 Å². The van der Waals surface area contributed by atoms with Crippen molar-refractivity contribution in [1.29, 1.82) is 0 Å². The van der Waals surface area contributed by atoms with Crippen molar-refractivity contribution in [2.24, 2.45) is 0 Å². The fourth-order valence-electron chi connectivity index (χ4n) is 2.82. The molecule has 0 radical (unpaired) electrons. The second kappa shape index (κ2) is 10.2. The summed E-state index contributed by atoms with van der Waals surface area (Å²) in [6, 6.07) is 7.54. The van der Waals surface area contributed by atoms with Crippen LogP contribution in [0.15, 0.2) is 36.4 Å². The molecule has 168 valence electrons. The first-order chi connectivity index (χ1) is 14.5. The lowest BCUT2D eigenvalue weighted by Gasteiger charge is -2.28. The molecule has 0 spiro atoms. The Labute approximate surface area is 191 Å². The van der Waals surface area contributed by atoms with Gasteiger partial charge < -0.3 is 14.8 Å². The molecule has 0 aromatic heterocycles. The van der Waals surface area contributed by atoms with E-state index in [9.17, 15) is 18.0 Å². The summed E-state index contributed by atoms with van der Waals surface area (Å²) in [5.41, 5.74) is 0.642. The number of carbonyl (C=O) groups is 2. The van der Waals surface area contributed by atoms with Crippen LogP contribution in [0.1, 0.15) is 24.2 Å². The number of sulfonamides is 1. The van der Waals surface area contributed by atoms with Gasteiger partial charge in [0, 0.05) is 5.69 Å². The minimum absolute atomic E-state index is 0.0887. The van der Waals surface area contributed by atoms with E-state index < -0.39 is 27.9 Å². The van der Waals surface area contributed by atoms with Crippen LogP contribution in [-0.2, 0) is 19.6 Å². The van der Waals surface area contributed by atoms with Crippen molar-refractivity contribution in [2.45, 2.75) is 19.9 Å². The Morgan fingerprint density at radius 2 is 1.81 bits per heavy atom. The highest BCUT2D eigenvalue weighted by Crippen LogP contribution is 2.31. The zero-order valence-corrected chi connectivity index (χ0v) is 19.6. The van der Waals surface area contributed by atoms with Crippen LogP contribution in [0.5, 0.6) is 5.75 Å². The molecule has 11 heteroatoms. The highest BCUT2D eigenvalue weighted by molar-refractivity contribution is 7.92. The number of hydrogen-bond acceptors (Lipinski definition) is 6. The van der Waals surface area contributed by atoms with Crippen molar-refractivity contribution in [3.05, 3.63) is 52.0 Å². The summed E-state index contributed by atoms with van der Waals surface area (Å²) in [5.74, 6) is -0.831. The third-order valence-electron chi connectivity index (χ3n) is 4.21. The maximum atomic E-state index is 12.8. The first-order valence-electron chi connectivity index (χ1n) is 9.10. The third kappa shape index (κ3) is 6.03. The normalized spacial score (nSPS) is 12.1. The number of halogens is 2. The number of rotatable bonds is 8. The average Bonchev–Trinajstić information content (AvgIpc) is 2.67. The molecule has 0 fully saturated rings. The van der Waals surface area contributed by atoms with E-state index in [0.29, 0.717) is 5.75 Å². The number of ether oxygens (including phenoxy) is 2. The Balaban J connectivity index is 2.29. The van der Waals surface area contributed by atoms with E-state index in [0.717, 1.165) is 10.6 Å². The molecule has 0 aliphatic carbocycles. The molecule has 2 aromatic rings. The van der Waals surface area contributed by atoms with Gasteiger partial charge in [-0.15, -0.1) is 0 Å². The number of benzene rings is 2. The van der Waals surface area contributed by atoms with Crippen LogP contribution in [0.25, 0.3) is 0 Å². The third-order valence-corrected chi connectivity index (χ3v) is 6.06. The monoisotopic (exact) mass is 488 g/mol. The van der Waals surface area contributed by atoms with Crippen molar-refractivity contribution in [1.82, 2.24) is 0 Å². The van der Waals surface area contributed by atoms with E-state index in [1.807, 2.05) is 0 Å². The van der Waals surface area contributed by atoms with Crippen LogP contribution in [0.4, 0.5) is 11.4 Å². The molecular formula is C20H22Cl2N2O6S. The zero-order chi connectivity index (χ0) is 23.3. The summed E-state index contributed by atoms with van der Waals surface area (Å²) in [6.07, 6.45) is 0.986. The summed E-state index contributed by atoms with van der Waals surface area (Å²) in [5, 5.41) is 2.89. The van der Waals surface area contributed by atoms with Gasteiger partial charge in [-0.2, -0.15) is 0 Å². The summed E-state index contributed by atoms with van der Waals surface area (Å²) in [7, 11) is -2.40. The number of carbonyl (C=O) groups excluding carboxylic acids is 2. The predicted octanol–water partition coefficient (Wildman–Crippen LogP) is 3.97. The Hall–Kier alpha value is -2.49. The number of methoxy groups -OCH3 is 1. The molecule has 1 atom stereocenters. The molecule has 1 amide bonds. The number of nitrogens with zero attached hydrogens (tertiary/aromatic N) is 1. The molecule has 8 nitrogen and oxygen atoms in total. The average molecular weight is 489 g/mol. The second-order valence-electron chi connectivity index (χ2n) is 6.46. The Morgan fingerprint density at radius 1 is 1.13 bits per heavy atom. The van der Waals surface area contributed by atoms with E-state index in [-0.39, 0.29) is 33.6 Å². The quantitative estimate of drug-likeness (QED) is 0.563. The van der Waals surface area contributed by atoms with Crippen LogP contribution >= 0.6 is 23.2 Å². The summed E-state index contributed by atoms with van der Waals surface area (Å²) in [6.45, 7) is 3.30. The van der Waals surface area contributed by atoms with Crippen LogP contribution in [0, 0.1) is 0 Å². The highest BCUT2D eigenvalue weighted by atomic mass is 35.5. The molecule has 0 saturated carbocycles. The maximum absolute atomic E-state index is 12.8. The molecule has 2 aromatic carbocycles. The van der Waals surface area contributed by atoms with E-state index >= 15 is 0 Å². The van der Waals surface area contributed by atoms with Gasteiger partial charge in [-0.05, 0) is 50.2 Å². The minimum Gasteiger partial charge on any atom is -0.495 e. The number of anilines is 2. The molecule has 0 aliphatic heterocycles. The highest BCUT2D eigenvalue weighted by Gasteiger charge is 2.30. The lowest BCUT2D eigenvalue weighted by atomic mass is 10.2. The number of nitrogens with one attached hydrogen (secondary N) is 1. The Morgan fingerprint density at radius 3 is 2.32 bits per heavy atom. The lowest BCUT2D eigenvalue weighted by molar-refractivity contribution is -0.116. The predicted molar refractivity (Wildman–Crippen MR) is 121 cm³/mol. The fourth-order valence-corrected chi connectivity index (χ4v) is 4.49. The number of amides is 1. The van der Waals surface area contributed by atoms with Gasteiger partial charge in [0.25, 0.3) is 0 Å². The van der Waals surface area contributed by atoms with Crippen molar-refractivity contribution >= 4 is 56.5 Å². The Kier molecular flexibility index (Phi) is 8.16. The molecule has 0 saturated heterocycles. The van der Waals surface area contributed by atoms with E-state index in [4.69, 9.17) is 32.7 Å². The van der Waals surface area contributed by atoms with E-state index in [1.165, 1.54) is 50.4 Å². The molecule has 1 N–H and O–H groups in total. The summed E-state index contributed by atoms with van der Waals surface area (Å²) in [4.78, 5) is 24.7. The number of esters is 1. The molecule has 1 unspecified atom stereocenters. The van der Waals surface area contributed by atoms with Crippen molar-refractivity contribution in [2.75, 3.05) is 29.6 Å². The van der Waals surface area contributed by atoms with Gasteiger partial charge in [-0.3, -0.25) is 9.10 Å². The molecular weight excluding hydrogens is 467 g/mol. The smallest absolute Gasteiger partial charge is 0.339 e. The second-order valence-corrected chi connectivity index (χ2v) is 9.13. The standard InChI is InChI=1S/C20H22Cl2N2O6S/c1-5-30-20(26)15-8-6-13(10-16(15)21)23-19(25)12(2)24(31(4,27)28)14-7-9-18(29-3)17(22)11-14/h6-12H,5H2,1-4H3,(H,23,25). The first kappa shape index (κ1) is 24.8. The van der Waals surface area contributed by atoms with Crippen molar-refractivity contribution in [3.8, 4) is 5.75 Å². The topological polar surface area (TPSA) is 102 Å². The van der Waals surface area contributed by atoms with Gasteiger partial charge in [0.05, 0.1) is 41.3 Å². The fraction of sp³-hybridized carbons (Fsp3) is 0.300. The van der Waals surface area contributed by atoms with Gasteiger partial charge in [0.1, 0.15) is 11.8 Å². The van der Waals surface area contributed by atoms with Crippen molar-refractivity contribution < 1.29 is 27.5 Å². The zero-order valence-electron chi connectivity index (χ0n) is 17.3. The van der Waals surface area contributed by atoms with Gasteiger partial charge in [0.2, 0.25) is 15.9 Å². The summed E-state index contributed by atoms with van der Waals surface area (Å²) < 4.78 is 35.8. The van der Waals surface area contributed by atoms with Gasteiger partial charge in [-0.1, -0.05) is 23.2 Å². The van der Waals surface area contributed by atoms with Gasteiger partial charge in [0.15, 0.2) is 0 Å². The molecule has 0 bridgehead atoms. The van der Waals surface area contributed by atoms with Gasteiger partial charge >= 0.3 is 5.97 Å². The van der Waals surface area contributed by atoms with Crippen LogP contribution in [0.2, 0.25) is 10.0 Å². The first-order valence-corrected chi connectivity index (χ1v) is 11.7. The molecule has 31 heavy (non-hydrogen) atoms. The van der Waals surface area contributed by atoms with Crippen LogP contribution in [0.3, 0.4) is 0 Å². The SMILES string of the molecule is CCOC(=O)c1ccc(NC(=O)C(C)N(c2ccc(OC)c(Cl)c2)S(C)(=O)=O)cc1Cl. The molecule has 0 heterocycles. The molecule has 2 rings (SSSR count). The number of hydrogen-bond donors (Lipinski definition) is 1. The summed E-state index contributed by atoms with van der Waals surface area (Å²) >= 11 is 12.2. The van der Waals surface area contributed by atoms with Crippen LogP contribution in [-0.4, -0.2) is 46.3 Å². The largest absolute Gasteiger partial charge is 0.495 e. The Bertz CT molecular complexity index is 1090. The maximum Gasteiger partial charge on any atom is 0.339 e. The van der Waals surface area contributed by atoms with Crippen LogP contribution < -0.4 is 14.4 Å². The molecule has 0 aliphatic rings. The minimum atomic E-state index is -3.84. The van der Waals surface area contributed by atoms with E-state index in [1.54, 1.807) is 6.92 Å².